The Kier molecular flexibility index (Phi) is 39.6. The molecule has 0 aromatic rings. The number of carbonyl (C=O) groups excluding carboxylic acids is 3. The molecule has 1 unspecified atom stereocenters. The molecule has 0 aliphatic rings. The van der Waals surface area contributed by atoms with E-state index in [-0.39, 0.29) is 37.5 Å². The predicted octanol–water partition coefficient (Wildman–Crippen LogP) is 13.7. The van der Waals surface area contributed by atoms with Gasteiger partial charge in [-0.15, -0.1) is 0 Å². The van der Waals surface area contributed by atoms with Crippen molar-refractivity contribution < 1.29 is 28.6 Å². The smallest absolute Gasteiger partial charge is 0.306 e. The highest BCUT2D eigenvalue weighted by Gasteiger charge is 2.19. The zero-order valence-corrected chi connectivity index (χ0v) is 34.5. The number of carbonyl (C=O) groups is 3. The molecule has 0 fully saturated rings. The van der Waals surface area contributed by atoms with Gasteiger partial charge in [-0.05, 0) is 83.5 Å². The van der Waals surface area contributed by atoms with Gasteiger partial charge in [0.25, 0.3) is 0 Å². The van der Waals surface area contributed by atoms with Crippen molar-refractivity contribution in [1.29, 1.82) is 0 Å². The molecule has 0 aliphatic carbocycles. The third-order valence-corrected chi connectivity index (χ3v) is 9.02. The number of allylic oxidation sites excluding steroid dienone is 10. The van der Waals surface area contributed by atoms with Crippen LogP contribution >= 0.6 is 0 Å². The first-order valence-electron chi connectivity index (χ1n) is 21.8. The van der Waals surface area contributed by atoms with Crippen molar-refractivity contribution in [2.24, 2.45) is 0 Å². The number of ether oxygens (including phenoxy) is 3. The van der Waals surface area contributed by atoms with Crippen LogP contribution in [-0.4, -0.2) is 37.2 Å². The van der Waals surface area contributed by atoms with Crippen LogP contribution in [-0.2, 0) is 28.6 Å². The van der Waals surface area contributed by atoms with E-state index in [0.29, 0.717) is 19.3 Å². The lowest BCUT2D eigenvalue weighted by Crippen LogP contribution is -2.30. The van der Waals surface area contributed by atoms with E-state index in [1.807, 2.05) is 0 Å². The van der Waals surface area contributed by atoms with E-state index in [1.54, 1.807) is 0 Å². The molecule has 0 saturated heterocycles. The highest BCUT2D eigenvalue weighted by molar-refractivity contribution is 5.71. The summed E-state index contributed by atoms with van der Waals surface area (Å²) in [7, 11) is 0. The summed E-state index contributed by atoms with van der Waals surface area (Å²) >= 11 is 0. The maximum atomic E-state index is 12.6. The topological polar surface area (TPSA) is 78.9 Å². The van der Waals surface area contributed by atoms with E-state index in [9.17, 15) is 14.4 Å². The SMILES string of the molecule is CCCC/C=C\C=C/CCCCCC(=O)OC(COC(=O)CCC/C=C\CCCCCC)COC(=O)CCCCCCCC/C=C\C=C/CCCCC. The normalized spacial score (nSPS) is 12.6. The van der Waals surface area contributed by atoms with Gasteiger partial charge in [0.2, 0.25) is 0 Å². The van der Waals surface area contributed by atoms with E-state index in [2.05, 4.69) is 81.5 Å². The second-order valence-corrected chi connectivity index (χ2v) is 14.3. The summed E-state index contributed by atoms with van der Waals surface area (Å²) in [6.45, 7) is 6.43. The lowest BCUT2D eigenvalue weighted by molar-refractivity contribution is -0.167. The van der Waals surface area contributed by atoms with Gasteiger partial charge in [0.1, 0.15) is 13.2 Å². The maximum Gasteiger partial charge on any atom is 0.306 e. The van der Waals surface area contributed by atoms with E-state index < -0.39 is 6.10 Å². The summed E-state index contributed by atoms with van der Waals surface area (Å²) in [5, 5.41) is 0. The van der Waals surface area contributed by atoms with Crippen molar-refractivity contribution in [3.63, 3.8) is 0 Å². The molecular formula is C47H80O6. The first-order chi connectivity index (χ1) is 26.0. The molecular weight excluding hydrogens is 661 g/mol. The quantitative estimate of drug-likeness (QED) is 0.0206. The second-order valence-electron chi connectivity index (χ2n) is 14.3. The van der Waals surface area contributed by atoms with Gasteiger partial charge >= 0.3 is 17.9 Å². The van der Waals surface area contributed by atoms with Crippen LogP contribution in [0.2, 0.25) is 0 Å². The summed E-state index contributed by atoms with van der Waals surface area (Å²) in [6, 6.07) is 0. The summed E-state index contributed by atoms with van der Waals surface area (Å²) in [5.41, 5.74) is 0. The van der Waals surface area contributed by atoms with Crippen molar-refractivity contribution in [2.45, 2.75) is 207 Å². The van der Waals surface area contributed by atoms with Crippen LogP contribution in [0.5, 0.6) is 0 Å². The average Bonchev–Trinajstić information content (AvgIpc) is 3.15. The molecule has 53 heavy (non-hydrogen) atoms. The van der Waals surface area contributed by atoms with Gasteiger partial charge in [-0.3, -0.25) is 14.4 Å². The van der Waals surface area contributed by atoms with Crippen LogP contribution in [0.25, 0.3) is 0 Å². The largest absolute Gasteiger partial charge is 0.462 e. The van der Waals surface area contributed by atoms with Gasteiger partial charge in [0.05, 0.1) is 0 Å². The fourth-order valence-electron chi connectivity index (χ4n) is 5.65. The molecule has 6 heteroatoms. The molecule has 0 saturated carbocycles. The highest BCUT2D eigenvalue weighted by Crippen LogP contribution is 2.12. The molecule has 0 rings (SSSR count). The van der Waals surface area contributed by atoms with Crippen LogP contribution in [0, 0.1) is 0 Å². The Labute approximate surface area is 326 Å². The number of esters is 3. The van der Waals surface area contributed by atoms with E-state index in [1.165, 1.54) is 83.5 Å². The van der Waals surface area contributed by atoms with Crippen molar-refractivity contribution >= 4 is 17.9 Å². The molecule has 0 N–H and O–H groups in total. The number of rotatable bonds is 38. The van der Waals surface area contributed by atoms with E-state index in [4.69, 9.17) is 14.2 Å². The molecule has 0 radical (unpaired) electrons. The Balaban J connectivity index is 4.44. The summed E-state index contributed by atoms with van der Waals surface area (Å²) < 4.78 is 16.6. The Bertz CT molecular complexity index is 991. The first kappa shape index (κ1) is 50.1. The lowest BCUT2D eigenvalue weighted by atomic mass is 10.1. The standard InChI is InChI=1S/C47H80O6/c1-4-7-10-13-16-19-21-22-23-24-26-28-31-34-37-40-46(49)52-43-44(42-51-45(48)39-36-33-30-27-18-15-12-9-6-3)53-47(50)41-38-35-32-29-25-20-17-14-11-8-5-2/h14,16-17,19-22,25,27,30,44H,4-13,15,18,23-24,26,28-29,31-43H2,1-3H3/b17-14-,19-16-,22-21-,25-20-,30-27-. The van der Waals surface area contributed by atoms with E-state index in [0.717, 1.165) is 70.6 Å². The third-order valence-electron chi connectivity index (χ3n) is 9.02. The molecule has 0 heterocycles. The van der Waals surface area contributed by atoms with Crippen molar-refractivity contribution in [3.8, 4) is 0 Å². The van der Waals surface area contributed by atoms with E-state index >= 15 is 0 Å². The molecule has 1 atom stereocenters. The first-order valence-corrected chi connectivity index (χ1v) is 21.8. The number of hydrogen-bond donors (Lipinski definition) is 0. The van der Waals surface area contributed by atoms with Crippen molar-refractivity contribution in [1.82, 2.24) is 0 Å². The Morgan fingerprint density at radius 2 is 0.717 bits per heavy atom. The second kappa shape index (κ2) is 41.9. The Hall–Kier alpha value is -2.89. The van der Waals surface area contributed by atoms with Gasteiger partial charge in [-0.25, -0.2) is 0 Å². The minimum absolute atomic E-state index is 0.101. The van der Waals surface area contributed by atoms with Crippen LogP contribution in [0.1, 0.15) is 201 Å². The average molecular weight is 741 g/mol. The Morgan fingerprint density at radius 1 is 0.377 bits per heavy atom. The molecule has 0 aliphatic heterocycles. The zero-order valence-electron chi connectivity index (χ0n) is 34.5. The maximum absolute atomic E-state index is 12.6. The molecule has 0 amide bonds. The Morgan fingerprint density at radius 3 is 1.25 bits per heavy atom. The fourth-order valence-corrected chi connectivity index (χ4v) is 5.65. The minimum atomic E-state index is -0.800. The minimum Gasteiger partial charge on any atom is -0.462 e. The van der Waals surface area contributed by atoms with Gasteiger partial charge < -0.3 is 14.2 Å². The van der Waals surface area contributed by atoms with Crippen LogP contribution in [0.4, 0.5) is 0 Å². The monoisotopic (exact) mass is 741 g/mol. The van der Waals surface area contributed by atoms with Gasteiger partial charge in [0.15, 0.2) is 6.10 Å². The lowest BCUT2D eigenvalue weighted by Gasteiger charge is -2.18. The van der Waals surface area contributed by atoms with Gasteiger partial charge in [-0.1, -0.05) is 159 Å². The molecule has 304 valence electrons. The zero-order chi connectivity index (χ0) is 38.7. The molecule has 0 aromatic heterocycles. The van der Waals surface area contributed by atoms with Crippen LogP contribution in [0.15, 0.2) is 60.8 Å². The summed E-state index contributed by atoms with van der Waals surface area (Å²) in [6.07, 6.45) is 49.2. The highest BCUT2D eigenvalue weighted by atomic mass is 16.6. The van der Waals surface area contributed by atoms with Crippen molar-refractivity contribution in [3.05, 3.63) is 60.8 Å². The molecule has 0 bridgehead atoms. The van der Waals surface area contributed by atoms with Gasteiger partial charge in [0, 0.05) is 19.3 Å². The number of unbranched alkanes of at least 4 members (excludes halogenated alkanes) is 19. The summed E-state index contributed by atoms with van der Waals surface area (Å²) in [4.78, 5) is 37.6. The molecule has 6 nitrogen and oxygen atoms in total. The third kappa shape index (κ3) is 40.1. The summed E-state index contributed by atoms with van der Waals surface area (Å²) in [5.74, 6) is -0.984. The molecule has 0 spiro atoms. The fraction of sp³-hybridized carbons (Fsp3) is 0.723. The van der Waals surface area contributed by atoms with Gasteiger partial charge in [-0.2, -0.15) is 0 Å². The predicted molar refractivity (Wildman–Crippen MR) is 224 cm³/mol. The van der Waals surface area contributed by atoms with Crippen molar-refractivity contribution in [2.75, 3.05) is 13.2 Å². The number of hydrogen-bond acceptors (Lipinski definition) is 6. The van der Waals surface area contributed by atoms with Crippen LogP contribution in [0.3, 0.4) is 0 Å². The van der Waals surface area contributed by atoms with Crippen LogP contribution < -0.4 is 0 Å². The molecule has 0 aromatic carbocycles.